The van der Waals surface area contributed by atoms with E-state index in [9.17, 15) is 9.50 Å². The van der Waals surface area contributed by atoms with Gasteiger partial charge in [-0.25, -0.2) is 4.39 Å². The molecule has 0 saturated heterocycles. The maximum atomic E-state index is 13.6. The maximum absolute atomic E-state index is 13.6. The molecule has 0 heterocycles. The van der Waals surface area contributed by atoms with Gasteiger partial charge >= 0.3 is 0 Å². The third-order valence-electron chi connectivity index (χ3n) is 3.05. The third-order valence-corrected chi connectivity index (χ3v) is 3.05. The van der Waals surface area contributed by atoms with Crippen LogP contribution in [0.4, 0.5) is 4.39 Å². The number of rotatable bonds is 4. The fourth-order valence-corrected chi connectivity index (χ4v) is 2.01. The molecule has 0 fully saturated rings. The minimum Gasteiger partial charge on any atom is -0.507 e. The summed E-state index contributed by atoms with van der Waals surface area (Å²) in [5.41, 5.74) is 2.74. The predicted molar refractivity (Wildman–Crippen MR) is 82.0 cm³/mol. The van der Waals surface area contributed by atoms with Crippen molar-refractivity contribution in [1.29, 1.82) is 0 Å². The second-order valence-corrected chi connectivity index (χ2v) is 4.26. The van der Waals surface area contributed by atoms with Gasteiger partial charge < -0.3 is 5.11 Å². The van der Waals surface area contributed by atoms with Gasteiger partial charge in [-0.1, -0.05) is 61.7 Å². The Morgan fingerprint density at radius 1 is 0.950 bits per heavy atom. The van der Waals surface area contributed by atoms with E-state index >= 15 is 0 Å². The molecule has 0 spiro atoms. The van der Waals surface area contributed by atoms with Crippen molar-refractivity contribution in [1.82, 2.24) is 0 Å². The number of phenolic OH excluding ortho intramolecular Hbond substituents is 1. The van der Waals surface area contributed by atoms with Crippen LogP contribution in [0.25, 0.3) is 16.7 Å². The van der Waals surface area contributed by atoms with E-state index < -0.39 is 5.83 Å². The molecule has 0 radical (unpaired) electrons. The quantitative estimate of drug-likeness (QED) is 0.762. The van der Waals surface area contributed by atoms with Crippen LogP contribution in [0.2, 0.25) is 0 Å². The largest absolute Gasteiger partial charge is 0.507 e. The number of aromatic hydroxyl groups is 1. The van der Waals surface area contributed by atoms with Gasteiger partial charge in [-0.2, -0.15) is 0 Å². The van der Waals surface area contributed by atoms with E-state index in [4.69, 9.17) is 0 Å². The van der Waals surface area contributed by atoms with Gasteiger partial charge in [0, 0.05) is 11.1 Å². The molecule has 2 heteroatoms. The SMILES string of the molecule is C=CC(F)=C(C=C)c1ccc(-c2ccccc2O)cc1. The van der Waals surface area contributed by atoms with Gasteiger partial charge in [-0.05, 0) is 23.3 Å². The molecule has 0 aromatic heterocycles. The Hall–Kier alpha value is -2.61. The molecule has 0 bridgehead atoms. The Morgan fingerprint density at radius 3 is 2.15 bits per heavy atom. The Balaban J connectivity index is 2.43. The standard InChI is InChI=1S/C18H15FO/c1-3-15(17(19)4-2)13-9-11-14(12-10-13)16-7-5-6-8-18(16)20/h3-12,20H,1-2H2. The summed E-state index contributed by atoms with van der Waals surface area (Å²) in [6.07, 6.45) is 2.62. The Kier molecular flexibility index (Phi) is 4.16. The summed E-state index contributed by atoms with van der Waals surface area (Å²) >= 11 is 0. The zero-order valence-electron chi connectivity index (χ0n) is 11.0. The summed E-state index contributed by atoms with van der Waals surface area (Å²) in [4.78, 5) is 0. The lowest BCUT2D eigenvalue weighted by Crippen LogP contribution is -1.85. The molecule has 1 N–H and O–H groups in total. The lowest BCUT2D eigenvalue weighted by atomic mass is 9.99. The molecule has 1 nitrogen and oxygen atoms in total. The Bertz CT molecular complexity index is 666. The summed E-state index contributed by atoms with van der Waals surface area (Å²) in [7, 11) is 0. The molecule has 0 amide bonds. The highest BCUT2D eigenvalue weighted by Gasteiger charge is 2.06. The molecule has 0 unspecified atom stereocenters. The van der Waals surface area contributed by atoms with Crippen LogP contribution < -0.4 is 0 Å². The van der Waals surface area contributed by atoms with E-state index in [2.05, 4.69) is 13.2 Å². The molecule has 2 aromatic rings. The number of hydrogen-bond donors (Lipinski definition) is 1. The minimum absolute atomic E-state index is 0.219. The number of benzene rings is 2. The number of para-hydroxylation sites is 1. The molecule has 0 atom stereocenters. The second-order valence-electron chi connectivity index (χ2n) is 4.26. The van der Waals surface area contributed by atoms with Crippen molar-refractivity contribution < 1.29 is 9.50 Å². The summed E-state index contributed by atoms with van der Waals surface area (Å²) in [5, 5.41) is 9.82. The molecule has 2 aromatic carbocycles. The number of halogens is 1. The molecule has 0 saturated carbocycles. The molecular formula is C18H15FO. The first-order valence-electron chi connectivity index (χ1n) is 6.21. The van der Waals surface area contributed by atoms with E-state index in [0.717, 1.165) is 22.8 Å². The van der Waals surface area contributed by atoms with Crippen LogP contribution >= 0.6 is 0 Å². The molecule has 100 valence electrons. The zero-order chi connectivity index (χ0) is 14.5. The topological polar surface area (TPSA) is 20.2 Å². The van der Waals surface area contributed by atoms with E-state index in [-0.39, 0.29) is 5.75 Å². The van der Waals surface area contributed by atoms with Crippen molar-refractivity contribution in [2.45, 2.75) is 0 Å². The molecule has 0 aliphatic carbocycles. The Morgan fingerprint density at radius 2 is 1.60 bits per heavy atom. The Labute approximate surface area is 118 Å². The minimum atomic E-state index is -0.407. The third kappa shape index (κ3) is 2.69. The molecule has 0 aliphatic heterocycles. The summed E-state index contributed by atoms with van der Waals surface area (Å²) < 4.78 is 13.6. The average molecular weight is 266 g/mol. The van der Waals surface area contributed by atoms with E-state index in [1.807, 2.05) is 24.3 Å². The van der Waals surface area contributed by atoms with Crippen molar-refractivity contribution >= 4 is 5.57 Å². The molecular weight excluding hydrogens is 251 g/mol. The highest BCUT2D eigenvalue weighted by Crippen LogP contribution is 2.30. The van der Waals surface area contributed by atoms with Crippen molar-refractivity contribution in [3.8, 4) is 16.9 Å². The van der Waals surface area contributed by atoms with Gasteiger partial charge in [-0.15, -0.1) is 0 Å². The van der Waals surface area contributed by atoms with Gasteiger partial charge in [0.05, 0.1) is 0 Å². The predicted octanol–water partition coefficient (Wildman–Crippen LogP) is 5.11. The highest BCUT2D eigenvalue weighted by atomic mass is 19.1. The van der Waals surface area contributed by atoms with Crippen molar-refractivity contribution in [2.75, 3.05) is 0 Å². The number of hydrogen-bond acceptors (Lipinski definition) is 1. The summed E-state index contributed by atoms with van der Waals surface area (Å²) in [6.45, 7) is 7.03. The normalized spacial score (nSPS) is 11.7. The summed E-state index contributed by atoms with van der Waals surface area (Å²) in [6, 6.07) is 14.4. The van der Waals surface area contributed by atoms with Gasteiger partial charge in [0.1, 0.15) is 11.6 Å². The summed E-state index contributed by atoms with van der Waals surface area (Å²) in [5.74, 6) is -0.188. The van der Waals surface area contributed by atoms with E-state index in [1.54, 1.807) is 24.3 Å². The second kappa shape index (κ2) is 6.02. The average Bonchev–Trinajstić information content (AvgIpc) is 2.49. The zero-order valence-corrected chi connectivity index (χ0v) is 11.0. The van der Waals surface area contributed by atoms with Crippen LogP contribution in [0.3, 0.4) is 0 Å². The first-order chi connectivity index (χ1) is 9.67. The van der Waals surface area contributed by atoms with Crippen molar-refractivity contribution in [3.63, 3.8) is 0 Å². The monoisotopic (exact) mass is 266 g/mol. The van der Waals surface area contributed by atoms with Gasteiger partial charge in [-0.3, -0.25) is 0 Å². The van der Waals surface area contributed by atoms with Crippen LogP contribution in [0.1, 0.15) is 5.56 Å². The van der Waals surface area contributed by atoms with Crippen LogP contribution in [-0.4, -0.2) is 5.11 Å². The molecule has 0 aliphatic rings. The smallest absolute Gasteiger partial charge is 0.130 e. The van der Waals surface area contributed by atoms with Crippen LogP contribution in [0, 0.1) is 0 Å². The van der Waals surface area contributed by atoms with E-state index in [0.29, 0.717) is 5.57 Å². The van der Waals surface area contributed by atoms with Gasteiger partial charge in [0.25, 0.3) is 0 Å². The van der Waals surface area contributed by atoms with Crippen molar-refractivity contribution in [2.24, 2.45) is 0 Å². The first kappa shape index (κ1) is 13.8. The van der Waals surface area contributed by atoms with Crippen LogP contribution in [0.15, 0.2) is 79.7 Å². The lowest BCUT2D eigenvalue weighted by Gasteiger charge is -2.07. The number of allylic oxidation sites excluding steroid dienone is 4. The lowest BCUT2D eigenvalue weighted by molar-refractivity contribution is 0.477. The van der Waals surface area contributed by atoms with Gasteiger partial charge in [0.15, 0.2) is 0 Å². The van der Waals surface area contributed by atoms with Crippen LogP contribution in [0.5, 0.6) is 5.75 Å². The maximum Gasteiger partial charge on any atom is 0.130 e. The number of phenols is 1. The molecule has 20 heavy (non-hydrogen) atoms. The molecule has 2 rings (SSSR count). The highest BCUT2D eigenvalue weighted by molar-refractivity contribution is 5.79. The van der Waals surface area contributed by atoms with Gasteiger partial charge in [0.2, 0.25) is 0 Å². The fourth-order valence-electron chi connectivity index (χ4n) is 2.01. The van der Waals surface area contributed by atoms with Crippen molar-refractivity contribution in [3.05, 3.63) is 85.2 Å². The first-order valence-corrected chi connectivity index (χ1v) is 6.21. The van der Waals surface area contributed by atoms with Crippen LogP contribution in [-0.2, 0) is 0 Å². The fraction of sp³-hybridized carbons (Fsp3) is 0. The van der Waals surface area contributed by atoms with E-state index in [1.165, 1.54) is 6.08 Å².